The summed E-state index contributed by atoms with van der Waals surface area (Å²) in [6.07, 6.45) is 1.02. The Labute approximate surface area is 170 Å². The van der Waals surface area contributed by atoms with Crippen molar-refractivity contribution in [2.45, 2.75) is 26.5 Å². The first-order valence-electron chi connectivity index (χ1n) is 9.15. The smallest absolute Gasteiger partial charge is 0.180 e. The number of hydrogen-bond donors (Lipinski definition) is 1. The second-order valence-corrected chi connectivity index (χ2v) is 6.84. The number of benzene rings is 3. The predicted molar refractivity (Wildman–Crippen MR) is 112 cm³/mol. The van der Waals surface area contributed by atoms with Crippen LogP contribution >= 0.6 is 11.6 Å². The van der Waals surface area contributed by atoms with Crippen molar-refractivity contribution in [2.75, 3.05) is 12.4 Å². The summed E-state index contributed by atoms with van der Waals surface area (Å²) in [5.41, 5.74) is 4.18. The molecule has 0 aliphatic rings. The molecule has 0 atom stereocenters. The highest BCUT2D eigenvalue weighted by molar-refractivity contribution is 6.32. The monoisotopic (exact) mass is 399 g/mol. The molecule has 0 unspecified atom stereocenters. The summed E-state index contributed by atoms with van der Waals surface area (Å²) in [6, 6.07) is 18.3. The molecule has 0 radical (unpaired) electrons. The van der Waals surface area contributed by atoms with Gasteiger partial charge in [0.2, 0.25) is 0 Å². The van der Waals surface area contributed by atoms with E-state index in [0.717, 1.165) is 23.2 Å². The van der Waals surface area contributed by atoms with Gasteiger partial charge in [0.05, 0.1) is 12.1 Å². The van der Waals surface area contributed by atoms with Gasteiger partial charge < -0.3 is 14.8 Å². The number of methoxy groups -OCH3 is 1. The third kappa shape index (κ3) is 5.17. The van der Waals surface area contributed by atoms with Crippen LogP contribution in [0.5, 0.6) is 11.5 Å². The quantitative estimate of drug-likeness (QED) is 0.486. The number of ether oxygens (including phenoxy) is 2. The van der Waals surface area contributed by atoms with Crippen molar-refractivity contribution in [2.24, 2.45) is 0 Å². The Hall–Kier alpha value is -2.72. The van der Waals surface area contributed by atoms with Crippen LogP contribution in [0.3, 0.4) is 0 Å². The molecule has 0 aliphatic heterocycles. The second kappa shape index (κ2) is 9.47. The summed E-state index contributed by atoms with van der Waals surface area (Å²) in [7, 11) is 1.58. The minimum atomic E-state index is -0.277. The molecule has 0 saturated carbocycles. The fraction of sp³-hybridized carbons (Fsp3) is 0.217. The van der Waals surface area contributed by atoms with E-state index in [1.807, 2.05) is 12.1 Å². The third-order valence-electron chi connectivity index (χ3n) is 4.44. The fourth-order valence-electron chi connectivity index (χ4n) is 2.81. The van der Waals surface area contributed by atoms with Gasteiger partial charge >= 0.3 is 0 Å². The molecule has 0 aliphatic carbocycles. The Morgan fingerprint density at radius 1 is 0.929 bits per heavy atom. The van der Waals surface area contributed by atoms with Crippen molar-refractivity contribution < 1.29 is 13.9 Å². The number of anilines is 1. The van der Waals surface area contributed by atoms with Crippen LogP contribution in [0, 0.1) is 5.82 Å². The van der Waals surface area contributed by atoms with E-state index in [1.165, 1.54) is 17.7 Å². The maximum atomic E-state index is 13.0. The van der Waals surface area contributed by atoms with Crippen molar-refractivity contribution in [3.8, 4) is 11.5 Å². The van der Waals surface area contributed by atoms with Crippen molar-refractivity contribution in [1.29, 1.82) is 0 Å². The molecule has 0 saturated heterocycles. The van der Waals surface area contributed by atoms with Gasteiger partial charge in [-0.25, -0.2) is 4.39 Å². The molecule has 0 spiro atoms. The summed E-state index contributed by atoms with van der Waals surface area (Å²) in [5, 5.41) is 3.85. The Bertz CT molecular complexity index is 911. The lowest BCUT2D eigenvalue weighted by atomic mass is 10.1. The Balaban J connectivity index is 1.68. The summed E-state index contributed by atoms with van der Waals surface area (Å²) in [5.74, 6) is 0.762. The van der Waals surface area contributed by atoms with Crippen LogP contribution in [-0.4, -0.2) is 7.11 Å². The molecule has 0 amide bonds. The largest absolute Gasteiger partial charge is 0.493 e. The highest BCUT2D eigenvalue weighted by atomic mass is 35.5. The van der Waals surface area contributed by atoms with E-state index < -0.39 is 0 Å². The van der Waals surface area contributed by atoms with Gasteiger partial charge in [0.15, 0.2) is 11.5 Å². The molecule has 5 heteroatoms. The van der Waals surface area contributed by atoms with Crippen LogP contribution in [-0.2, 0) is 19.6 Å². The van der Waals surface area contributed by atoms with Crippen LogP contribution in [0.1, 0.15) is 23.6 Å². The van der Waals surface area contributed by atoms with Gasteiger partial charge in [-0.1, -0.05) is 42.8 Å². The van der Waals surface area contributed by atoms with Gasteiger partial charge in [-0.2, -0.15) is 0 Å². The maximum Gasteiger partial charge on any atom is 0.180 e. The van der Waals surface area contributed by atoms with Crippen LogP contribution in [0.25, 0.3) is 0 Å². The average Bonchev–Trinajstić information content (AvgIpc) is 2.72. The van der Waals surface area contributed by atoms with E-state index in [1.54, 1.807) is 19.2 Å². The van der Waals surface area contributed by atoms with E-state index in [-0.39, 0.29) is 12.4 Å². The molecule has 3 aromatic carbocycles. The SMILES string of the molecule is CCc1ccc(NCc2cc(Cl)c(OCc3ccc(F)cc3)c(OC)c2)cc1. The minimum absolute atomic E-state index is 0.276. The fourth-order valence-corrected chi connectivity index (χ4v) is 3.10. The summed E-state index contributed by atoms with van der Waals surface area (Å²) < 4.78 is 24.3. The molecule has 3 nitrogen and oxygen atoms in total. The number of aryl methyl sites for hydroxylation is 1. The van der Waals surface area contributed by atoms with Gasteiger partial charge in [0.25, 0.3) is 0 Å². The Morgan fingerprint density at radius 2 is 1.61 bits per heavy atom. The summed E-state index contributed by atoms with van der Waals surface area (Å²) in [6.45, 7) is 3.02. The van der Waals surface area contributed by atoms with Gasteiger partial charge in [0.1, 0.15) is 12.4 Å². The third-order valence-corrected chi connectivity index (χ3v) is 4.73. The van der Waals surface area contributed by atoms with E-state index in [9.17, 15) is 4.39 Å². The zero-order valence-electron chi connectivity index (χ0n) is 16.0. The lowest BCUT2D eigenvalue weighted by Crippen LogP contribution is -2.03. The maximum absolute atomic E-state index is 13.0. The molecular weight excluding hydrogens is 377 g/mol. The minimum Gasteiger partial charge on any atom is -0.493 e. The number of nitrogens with one attached hydrogen (secondary N) is 1. The first-order chi connectivity index (χ1) is 13.6. The van der Waals surface area contributed by atoms with E-state index >= 15 is 0 Å². The van der Waals surface area contributed by atoms with Crippen LogP contribution in [0.4, 0.5) is 10.1 Å². The number of rotatable bonds is 8. The van der Waals surface area contributed by atoms with Crippen molar-refractivity contribution >= 4 is 17.3 Å². The number of halogens is 2. The van der Waals surface area contributed by atoms with Crippen molar-refractivity contribution in [3.05, 3.63) is 88.2 Å². The molecule has 0 bridgehead atoms. The molecule has 146 valence electrons. The second-order valence-electron chi connectivity index (χ2n) is 6.43. The van der Waals surface area contributed by atoms with Gasteiger partial charge in [-0.15, -0.1) is 0 Å². The zero-order valence-corrected chi connectivity index (χ0v) is 16.7. The first kappa shape index (κ1) is 20.0. The standard InChI is InChI=1S/C23H23ClFNO2/c1-3-16-6-10-20(11-7-16)26-14-18-12-21(24)23(22(13-18)27-2)28-15-17-4-8-19(25)9-5-17/h4-13,26H,3,14-15H2,1-2H3. The number of hydrogen-bond acceptors (Lipinski definition) is 3. The highest BCUT2D eigenvalue weighted by Gasteiger charge is 2.12. The molecule has 28 heavy (non-hydrogen) atoms. The van der Waals surface area contributed by atoms with E-state index in [2.05, 4.69) is 36.5 Å². The lowest BCUT2D eigenvalue weighted by Gasteiger charge is -2.15. The van der Waals surface area contributed by atoms with E-state index in [0.29, 0.717) is 23.1 Å². The van der Waals surface area contributed by atoms with Crippen molar-refractivity contribution in [3.63, 3.8) is 0 Å². The predicted octanol–water partition coefficient (Wildman–Crippen LogP) is 6.24. The van der Waals surface area contributed by atoms with Gasteiger partial charge in [0, 0.05) is 12.2 Å². The molecule has 0 fully saturated rings. The average molecular weight is 400 g/mol. The first-order valence-corrected chi connectivity index (χ1v) is 9.53. The Morgan fingerprint density at radius 3 is 2.25 bits per heavy atom. The normalized spacial score (nSPS) is 10.6. The lowest BCUT2D eigenvalue weighted by molar-refractivity contribution is 0.284. The van der Waals surface area contributed by atoms with Crippen LogP contribution < -0.4 is 14.8 Å². The van der Waals surface area contributed by atoms with Gasteiger partial charge in [-0.3, -0.25) is 0 Å². The molecule has 0 heterocycles. The summed E-state index contributed by atoms with van der Waals surface area (Å²) >= 11 is 6.43. The molecule has 1 N–H and O–H groups in total. The van der Waals surface area contributed by atoms with Crippen LogP contribution in [0.15, 0.2) is 60.7 Å². The molecular formula is C23H23ClFNO2. The Kier molecular flexibility index (Phi) is 6.77. The van der Waals surface area contributed by atoms with Gasteiger partial charge in [-0.05, 0) is 59.5 Å². The van der Waals surface area contributed by atoms with Crippen molar-refractivity contribution in [1.82, 2.24) is 0 Å². The topological polar surface area (TPSA) is 30.5 Å². The van der Waals surface area contributed by atoms with Crippen LogP contribution in [0.2, 0.25) is 5.02 Å². The molecule has 3 rings (SSSR count). The zero-order chi connectivity index (χ0) is 19.9. The highest BCUT2D eigenvalue weighted by Crippen LogP contribution is 2.37. The van der Waals surface area contributed by atoms with E-state index in [4.69, 9.17) is 21.1 Å². The summed E-state index contributed by atoms with van der Waals surface area (Å²) in [4.78, 5) is 0. The molecule has 0 aromatic heterocycles. The molecule has 3 aromatic rings.